The molecule has 2 unspecified atom stereocenters. The van der Waals surface area contributed by atoms with Gasteiger partial charge in [-0.05, 0) is 69.2 Å². The lowest BCUT2D eigenvalue weighted by molar-refractivity contribution is -0.142. The number of carbonyl (C=O) groups excluding carboxylic acids is 4. The van der Waals surface area contributed by atoms with E-state index in [4.69, 9.17) is 21.6 Å². The Morgan fingerprint density at radius 2 is 1.68 bits per heavy atom. The van der Waals surface area contributed by atoms with E-state index in [9.17, 15) is 19.2 Å². The highest BCUT2D eigenvalue weighted by molar-refractivity contribution is 5.99. The molecule has 2 aromatic rings. The van der Waals surface area contributed by atoms with Crippen molar-refractivity contribution in [2.45, 2.75) is 64.6 Å². The van der Waals surface area contributed by atoms with Crippen LogP contribution in [-0.4, -0.2) is 54.0 Å². The zero-order chi connectivity index (χ0) is 29.9. The lowest BCUT2D eigenvalue weighted by atomic mass is 10.00. The van der Waals surface area contributed by atoms with E-state index in [1.807, 2.05) is 6.92 Å². The first-order valence-electron chi connectivity index (χ1n) is 13.0. The summed E-state index contributed by atoms with van der Waals surface area (Å²) in [5, 5.41) is 5.31. The number of terminal acetylenes is 1. The molecule has 0 radical (unpaired) electrons. The van der Waals surface area contributed by atoms with Crippen molar-refractivity contribution in [3.63, 3.8) is 0 Å². The minimum atomic E-state index is -1.36. The Bertz CT molecular complexity index is 1210. The molecule has 0 fully saturated rings. The Morgan fingerprint density at radius 1 is 1.05 bits per heavy atom. The highest BCUT2D eigenvalue weighted by Crippen LogP contribution is 2.26. The van der Waals surface area contributed by atoms with Crippen molar-refractivity contribution in [2.75, 3.05) is 19.0 Å². The smallest absolute Gasteiger partial charge is 0.408 e. The van der Waals surface area contributed by atoms with Crippen LogP contribution in [0.15, 0.2) is 48.5 Å². The fourth-order valence-electron chi connectivity index (χ4n) is 3.87. The molecule has 0 aliphatic carbocycles. The molecule has 2 atom stereocenters. The number of nitrogens with one attached hydrogen (secondary N) is 2. The summed E-state index contributed by atoms with van der Waals surface area (Å²) in [7, 11) is 1.54. The molecule has 10 heteroatoms. The number of hydrogen-bond acceptors (Lipinski definition) is 6. The summed E-state index contributed by atoms with van der Waals surface area (Å²) >= 11 is 0. The van der Waals surface area contributed by atoms with Gasteiger partial charge in [0, 0.05) is 17.8 Å². The normalized spacial score (nSPS) is 12.3. The lowest BCUT2D eigenvalue weighted by Crippen LogP contribution is -2.53. The number of amides is 4. The maximum Gasteiger partial charge on any atom is 0.408 e. The first kappa shape index (κ1) is 31.7. The third kappa shape index (κ3) is 9.66. The van der Waals surface area contributed by atoms with Crippen LogP contribution in [0, 0.1) is 12.3 Å². The summed E-state index contributed by atoms with van der Waals surface area (Å²) < 4.78 is 10.5. The van der Waals surface area contributed by atoms with Crippen molar-refractivity contribution in [1.82, 2.24) is 10.2 Å². The number of nitrogens with zero attached hydrogens (tertiary/aromatic N) is 1. The lowest BCUT2D eigenvalue weighted by Gasteiger charge is -2.34. The topological polar surface area (TPSA) is 140 Å². The van der Waals surface area contributed by atoms with E-state index >= 15 is 0 Å². The maximum absolute atomic E-state index is 14.0. The highest BCUT2D eigenvalue weighted by atomic mass is 16.6. The molecule has 2 aromatic carbocycles. The van der Waals surface area contributed by atoms with E-state index in [1.54, 1.807) is 69.3 Å². The van der Waals surface area contributed by atoms with Gasteiger partial charge in [-0.2, -0.15) is 0 Å². The molecule has 0 heterocycles. The van der Waals surface area contributed by atoms with Crippen molar-refractivity contribution in [1.29, 1.82) is 0 Å². The zero-order valence-electron chi connectivity index (χ0n) is 23.7. The summed E-state index contributed by atoms with van der Waals surface area (Å²) in [6.07, 6.45) is 5.41. The molecule has 0 saturated carbocycles. The van der Waals surface area contributed by atoms with E-state index < -0.39 is 47.9 Å². The van der Waals surface area contributed by atoms with Gasteiger partial charge in [0.25, 0.3) is 5.91 Å². The molecule has 214 valence electrons. The van der Waals surface area contributed by atoms with Crippen molar-refractivity contribution >= 4 is 29.5 Å². The molecule has 40 heavy (non-hydrogen) atoms. The molecule has 0 bridgehead atoms. The summed E-state index contributed by atoms with van der Waals surface area (Å²) in [6.45, 7) is 7.12. The fourth-order valence-corrected chi connectivity index (χ4v) is 3.87. The van der Waals surface area contributed by atoms with Crippen LogP contribution in [0.4, 0.5) is 10.5 Å². The van der Waals surface area contributed by atoms with Crippen molar-refractivity contribution in [2.24, 2.45) is 5.73 Å². The number of carbonyl (C=O) groups is 4. The molecule has 2 rings (SSSR count). The molecule has 0 spiro atoms. The third-order valence-electron chi connectivity index (χ3n) is 5.74. The second-order valence-electron chi connectivity index (χ2n) is 10.1. The first-order valence-corrected chi connectivity index (χ1v) is 13.0. The molecule has 0 aliphatic heterocycles. The third-order valence-corrected chi connectivity index (χ3v) is 5.74. The van der Waals surface area contributed by atoms with Crippen LogP contribution >= 0.6 is 0 Å². The average molecular weight is 551 g/mol. The second-order valence-corrected chi connectivity index (χ2v) is 10.1. The number of alkyl carbamates (subject to hydrolysis) is 1. The van der Waals surface area contributed by atoms with Gasteiger partial charge in [-0.1, -0.05) is 31.4 Å². The van der Waals surface area contributed by atoms with Crippen LogP contribution in [0.2, 0.25) is 0 Å². The Labute approximate surface area is 235 Å². The van der Waals surface area contributed by atoms with Crippen LogP contribution in [0.3, 0.4) is 0 Å². The molecule has 0 saturated heterocycles. The Morgan fingerprint density at radius 3 is 2.17 bits per heavy atom. The summed E-state index contributed by atoms with van der Waals surface area (Å²) in [5.41, 5.74) is 6.16. The van der Waals surface area contributed by atoms with Gasteiger partial charge >= 0.3 is 6.09 Å². The highest BCUT2D eigenvalue weighted by Gasteiger charge is 2.36. The number of ether oxygens (including phenoxy) is 2. The number of anilines is 1. The standard InChI is InChI=1S/C30H38N4O6/c1-7-9-18-34(28(37)24(19-25(31)35)33-29(38)40-30(3,4)5)26(21-12-10-20(8-2)11-13-21)27(36)32-22-14-16-23(39-6)17-15-22/h2,10-17,24,26H,7,9,18-19H2,1,3-6H3,(H2,31,35)(H,32,36)(H,33,38). The first-order chi connectivity index (χ1) is 18.9. The molecule has 0 aliphatic rings. The number of hydrogen-bond donors (Lipinski definition) is 3. The van der Waals surface area contributed by atoms with Crippen LogP contribution < -0.4 is 21.1 Å². The molecular formula is C30H38N4O6. The molecule has 4 N–H and O–H groups in total. The van der Waals surface area contributed by atoms with Gasteiger partial charge in [-0.3, -0.25) is 14.4 Å². The maximum atomic E-state index is 14.0. The summed E-state index contributed by atoms with van der Waals surface area (Å²) in [4.78, 5) is 53.6. The van der Waals surface area contributed by atoms with Gasteiger partial charge in [0.1, 0.15) is 23.4 Å². The quantitative estimate of drug-likeness (QED) is 0.344. The number of benzene rings is 2. The molecular weight excluding hydrogens is 512 g/mol. The number of primary amides is 1. The minimum absolute atomic E-state index is 0.165. The van der Waals surface area contributed by atoms with Crippen molar-refractivity contribution in [3.8, 4) is 18.1 Å². The predicted octanol–water partition coefficient (Wildman–Crippen LogP) is 3.75. The molecule has 0 aromatic heterocycles. The van der Waals surface area contributed by atoms with Crippen LogP contribution in [-0.2, 0) is 19.1 Å². The minimum Gasteiger partial charge on any atom is -0.497 e. The zero-order valence-corrected chi connectivity index (χ0v) is 23.7. The Kier molecular flexibility index (Phi) is 11.6. The summed E-state index contributed by atoms with van der Waals surface area (Å²) in [5.74, 6) is 1.18. The molecule has 10 nitrogen and oxygen atoms in total. The van der Waals surface area contributed by atoms with Gasteiger partial charge in [-0.15, -0.1) is 6.42 Å². The molecule has 4 amide bonds. The Balaban J connectivity index is 2.53. The fraction of sp³-hybridized carbons (Fsp3) is 0.400. The van der Waals surface area contributed by atoms with Gasteiger partial charge in [0.05, 0.1) is 13.5 Å². The average Bonchev–Trinajstić information content (AvgIpc) is 2.89. The van der Waals surface area contributed by atoms with Crippen molar-refractivity contribution in [3.05, 3.63) is 59.7 Å². The predicted molar refractivity (Wildman–Crippen MR) is 152 cm³/mol. The monoisotopic (exact) mass is 550 g/mol. The van der Waals surface area contributed by atoms with Crippen molar-refractivity contribution < 1.29 is 28.7 Å². The second kappa shape index (κ2) is 14.6. The van der Waals surface area contributed by atoms with Crippen LogP contribution in [0.1, 0.15) is 64.1 Å². The van der Waals surface area contributed by atoms with E-state index in [1.165, 1.54) is 12.0 Å². The number of methoxy groups -OCH3 is 1. The van der Waals surface area contributed by atoms with E-state index in [0.717, 1.165) is 0 Å². The number of rotatable bonds is 12. The number of unbranched alkanes of at least 4 members (excludes halogenated alkanes) is 1. The van der Waals surface area contributed by atoms with E-state index in [0.29, 0.717) is 35.4 Å². The Hall–Kier alpha value is -4.52. The largest absolute Gasteiger partial charge is 0.497 e. The van der Waals surface area contributed by atoms with Crippen LogP contribution in [0.25, 0.3) is 0 Å². The summed E-state index contributed by atoms with van der Waals surface area (Å²) in [6, 6.07) is 10.9. The van der Waals surface area contributed by atoms with E-state index in [-0.39, 0.29) is 6.54 Å². The van der Waals surface area contributed by atoms with Crippen LogP contribution in [0.5, 0.6) is 5.75 Å². The van der Waals surface area contributed by atoms with Gasteiger partial charge in [0.2, 0.25) is 11.8 Å². The SMILES string of the molecule is C#Cc1ccc(C(C(=O)Nc2ccc(OC)cc2)N(CCCC)C(=O)C(CC(N)=O)NC(=O)OC(C)(C)C)cc1. The van der Waals surface area contributed by atoms with Gasteiger partial charge in [0.15, 0.2) is 0 Å². The van der Waals surface area contributed by atoms with Gasteiger partial charge < -0.3 is 30.7 Å². The van der Waals surface area contributed by atoms with Gasteiger partial charge in [-0.25, -0.2) is 4.79 Å². The number of nitrogens with two attached hydrogens (primary N) is 1. The van der Waals surface area contributed by atoms with E-state index in [2.05, 4.69) is 16.6 Å².